The third kappa shape index (κ3) is 23.2. The summed E-state index contributed by atoms with van der Waals surface area (Å²) in [4.78, 5) is 18.6. The van der Waals surface area contributed by atoms with E-state index in [0.717, 1.165) is 6.08 Å². The van der Waals surface area contributed by atoms with E-state index < -0.39 is 5.97 Å². The van der Waals surface area contributed by atoms with Gasteiger partial charge in [0.25, 0.3) is 0 Å². The summed E-state index contributed by atoms with van der Waals surface area (Å²) in [5, 5.41) is 9.38. The van der Waals surface area contributed by atoms with E-state index in [0.29, 0.717) is 6.08 Å². The van der Waals surface area contributed by atoms with Crippen LogP contribution in [0.25, 0.3) is 0 Å². The summed E-state index contributed by atoms with van der Waals surface area (Å²) in [7, 11) is 0. The number of carbonyl (C=O) groups excluding carboxylic acids is 2. The molecule has 10 heavy (non-hydrogen) atoms. The third-order valence-electron chi connectivity index (χ3n) is 0.287. The van der Waals surface area contributed by atoms with Crippen molar-refractivity contribution in [3.05, 3.63) is 12.2 Å². The molecule has 0 radical (unpaired) electrons. The van der Waals surface area contributed by atoms with Crippen LogP contribution in [0.4, 0.5) is 0 Å². The van der Waals surface area contributed by atoms with E-state index in [1.54, 1.807) is 0 Å². The standard InChI is InChI=1S/C4H3O3.2Na.H2O/c5-3-1-2-4(6)7;;;/h1-2H,(H,6,7);;;1H2/q-1;2*+1;/p-2/b2-1+;;;. The van der Waals surface area contributed by atoms with Gasteiger partial charge >= 0.3 is 59.1 Å². The van der Waals surface area contributed by atoms with Gasteiger partial charge in [0.15, 0.2) is 0 Å². The van der Waals surface area contributed by atoms with Gasteiger partial charge in [0.2, 0.25) is 0 Å². The van der Waals surface area contributed by atoms with E-state index in [1.807, 2.05) is 0 Å². The maximum Gasteiger partial charge on any atom is 1.00 e. The minimum absolute atomic E-state index is 0. The SMILES string of the molecule is O=[C-]/C=C/C(=O)[O-].[Na+].[Na+].[OH-]. The molecule has 0 unspecified atom stereocenters. The molecule has 0 aromatic heterocycles. The van der Waals surface area contributed by atoms with Crippen molar-refractivity contribution in [1.29, 1.82) is 0 Å². The van der Waals surface area contributed by atoms with Crippen molar-refractivity contribution in [2.24, 2.45) is 0 Å². The van der Waals surface area contributed by atoms with Gasteiger partial charge < -0.3 is 20.2 Å². The van der Waals surface area contributed by atoms with Crippen LogP contribution < -0.4 is 64.2 Å². The molecule has 4 nitrogen and oxygen atoms in total. The van der Waals surface area contributed by atoms with Crippen LogP contribution in [-0.4, -0.2) is 17.7 Å². The number of allylic oxidation sites excluding steroid dienone is 1. The Morgan fingerprint density at radius 3 is 1.90 bits per heavy atom. The first-order valence-corrected chi connectivity index (χ1v) is 1.52. The van der Waals surface area contributed by atoms with Crippen LogP contribution in [-0.2, 0) is 9.59 Å². The molecule has 0 aliphatic heterocycles. The van der Waals surface area contributed by atoms with Crippen LogP contribution in [0.3, 0.4) is 0 Å². The maximum absolute atomic E-state index is 9.38. The maximum atomic E-state index is 9.38. The van der Waals surface area contributed by atoms with Gasteiger partial charge in [-0.1, -0.05) is 0 Å². The molecular formula is C4H3Na2O4-. The van der Waals surface area contributed by atoms with Crippen molar-refractivity contribution in [1.82, 2.24) is 0 Å². The molecule has 0 aliphatic carbocycles. The van der Waals surface area contributed by atoms with Gasteiger partial charge in [-0.25, -0.2) is 0 Å². The summed E-state index contributed by atoms with van der Waals surface area (Å²) in [6.07, 6.45) is 2.58. The molecule has 1 N–H and O–H groups in total. The molecule has 0 spiro atoms. The summed E-state index contributed by atoms with van der Waals surface area (Å²) in [6, 6.07) is 0. The summed E-state index contributed by atoms with van der Waals surface area (Å²) >= 11 is 0. The molecule has 0 saturated carbocycles. The largest absolute Gasteiger partial charge is 1.00 e. The Kier molecular flexibility index (Phi) is 36.9. The fourth-order valence-corrected chi connectivity index (χ4v) is 0.102. The number of hydrogen-bond donors (Lipinski definition) is 0. The average molecular weight is 161 g/mol. The number of aliphatic carboxylic acids is 1. The second kappa shape index (κ2) is 16.4. The zero-order chi connectivity index (χ0) is 5.70. The van der Waals surface area contributed by atoms with Crippen LogP contribution >= 0.6 is 0 Å². The van der Waals surface area contributed by atoms with Gasteiger partial charge in [-0.15, -0.1) is 0 Å². The monoisotopic (exact) mass is 161 g/mol. The molecule has 0 fully saturated rings. The minimum atomic E-state index is -1.39. The summed E-state index contributed by atoms with van der Waals surface area (Å²) in [6.45, 7) is 0. The molecule has 46 valence electrons. The van der Waals surface area contributed by atoms with E-state index in [2.05, 4.69) is 0 Å². The van der Waals surface area contributed by atoms with Gasteiger partial charge in [0.1, 0.15) is 0 Å². The minimum Gasteiger partial charge on any atom is -0.870 e. The Morgan fingerprint density at radius 1 is 1.40 bits per heavy atom. The van der Waals surface area contributed by atoms with Crippen molar-refractivity contribution in [2.45, 2.75) is 0 Å². The zero-order valence-corrected chi connectivity index (χ0v) is 9.83. The fraction of sp³-hybridized carbons (Fsp3) is 0. The molecule has 6 heteroatoms. The van der Waals surface area contributed by atoms with E-state index in [9.17, 15) is 14.7 Å². The molecule has 0 rings (SSSR count). The number of carbonyl (C=O) groups is 1. The van der Waals surface area contributed by atoms with E-state index >= 15 is 0 Å². The third-order valence-corrected chi connectivity index (χ3v) is 0.287. The van der Waals surface area contributed by atoms with Crippen LogP contribution in [0.1, 0.15) is 0 Å². The van der Waals surface area contributed by atoms with Crippen molar-refractivity contribution in [3.63, 3.8) is 0 Å². The first-order valence-electron chi connectivity index (χ1n) is 1.52. The summed E-state index contributed by atoms with van der Waals surface area (Å²) < 4.78 is 0. The normalized spacial score (nSPS) is 6.40. The zero-order valence-electron chi connectivity index (χ0n) is 5.83. The summed E-state index contributed by atoms with van der Waals surface area (Å²) in [5.74, 6) is -1.39. The molecular weight excluding hydrogens is 158 g/mol. The first-order chi connectivity index (χ1) is 3.27. The molecule has 0 aromatic rings. The Balaban J connectivity index is -0.0000000600. The van der Waals surface area contributed by atoms with E-state index in [4.69, 9.17) is 0 Å². The van der Waals surface area contributed by atoms with Gasteiger partial charge in [-0.2, -0.15) is 12.2 Å². The van der Waals surface area contributed by atoms with Crippen LogP contribution in [0.2, 0.25) is 0 Å². The van der Waals surface area contributed by atoms with Gasteiger partial charge in [0, 0.05) is 0 Å². The molecule has 0 heterocycles. The Hall–Kier alpha value is 0.840. The number of carboxylic acid groups (broad SMARTS) is 1. The Morgan fingerprint density at radius 2 is 1.80 bits per heavy atom. The molecule has 0 aromatic carbocycles. The average Bonchev–Trinajstić information content (AvgIpc) is 1.61. The second-order valence-corrected chi connectivity index (χ2v) is 0.770. The number of rotatable bonds is 2. The predicted molar refractivity (Wildman–Crippen MR) is 21.8 cm³/mol. The van der Waals surface area contributed by atoms with Gasteiger partial charge in [0.05, 0.1) is 0 Å². The molecule has 0 bridgehead atoms. The topological polar surface area (TPSA) is 87.2 Å². The van der Waals surface area contributed by atoms with E-state index in [1.165, 1.54) is 6.29 Å². The first kappa shape index (κ1) is 22.4. The summed E-state index contributed by atoms with van der Waals surface area (Å²) in [5.41, 5.74) is 0. The van der Waals surface area contributed by atoms with Gasteiger partial charge in [-0.3, -0.25) is 0 Å². The van der Waals surface area contributed by atoms with Crippen molar-refractivity contribution < 1.29 is 79.3 Å². The van der Waals surface area contributed by atoms with Crippen molar-refractivity contribution in [3.8, 4) is 0 Å². The van der Waals surface area contributed by atoms with E-state index in [-0.39, 0.29) is 64.6 Å². The Bertz CT molecular complexity index is 112. The van der Waals surface area contributed by atoms with Gasteiger partial charge in [-0.05, 0) is 12.3 Å². The smallest absolute Gasteiger partial charge is 0.870 e. The van der Waals surface area contributed by atoms with Crippen LogP contribution in [0.5, 0.6) is 0 Å². The number of carboxylic acids is 1. The molecule has 0 atom stereocenters. The molecule has 0 aliphatic rings. The van der Waals surface area contributed by atoms with Crippen molar-refractivity contribution >= 4 is 12.3 Å². The second-order valence-electron chi connectivity index (χ2n) is 0.770. The van der Waals surface area contributed by atoms with Crippen LogP contribution in [0.15, 0.2) is 12.2 Å². The quantitative estimate of drug-likeness (QED) is 0.228. The van der Waals surface area contributed by atoms with Crippen molar-refractivity contribution in [2.75, 3.05) is 0 Å². The Labute approximate surface area is 103 Å². The van der Waals surface area contributed by atoms with Crippen LogP contribution in [0, 0.1) is 0 Å². The predicted octanol–water partition coefficient (Wildman–Crippen LogP) is -7.77. The number of hydrogen-bond acceptors (Lipinski definition) is 4. The molecule has 0 saturated heterocycles. The molecule has 0 amide bonds. The fourth-order valence-electron chi connectivity index (χ4n) is 0.102.